The van der Waals surface area contributed by atoms with Crippen molar-refractivity contribution in [2.24, 2.45) is 0 Å². The molecule has 1 heterocycles. The Balaban J connectivity index is 1.88. The summed E-state index contributed by atoms with van der Waals surface area (Å²) in [5.74, 6) is 0.169. The molecule has 0 aromatic heterocycles. The second-order valence-corrected chi connectivity index (χ2v) is 7.50. The van der Waals surface area contributed by atoms with E-state index < -0.39 is 11.8 Å². The van der Waals surface area contributed by atoms with Crippen molar-refractivity contribution in [3.05, 3.63) is 89.6 Å². The number of ether oxygens (including phenoxy) is 2. The zero-order chi connectivity index (χ0) is 22.8. The van der Waals surface area contributed by atoms with Crippen LogP contribution in [0.15, 0.2) is 78.5 Å². The Hall–Kier alpha value is -4.06. The summed E-state index contributed by atoms with van der Waals surface area (Å²) in [6, 6.07) is 22.1. The summed E-state index contributed by atoms with van der Waals surface area (Å²) >= 11 is 0. The topological polar surface area (TPSA) is 59.1 Å². The summed E-state index contributed by atoms with van der Waals surface area (Å²) in [6.07, 6.45) is 0. The van der Waals surface area contributed by atoms with Gasteiger partial charge in [0.2, 0.25) is 0 Å². The number of likely N-dealkylation sites (N-methyl/N-ethyl adjacent to an activating group) is 1. The smallest absolute Gasteiger partial charge is 0.282 e. The average Bonchev–Trinajstić information content (AvgIpc) is 3.09. The lowest BCUT2D eigenvalue weighted by molar-refractivity contribution is -0.120. The minimum absolute atomic E-state index is 0.312. The number of aryl methyl sites for hydroxylation is 1. The Morgan fingerprint density at radius 1 is 0.781 bits per heavy atom. The number of carbonyl (C=O) groups is 2. The monoisotopic (exact) mass is 428 g/mol. The molecule has 0 unspecified atom stereocenters. The van der Waals surface area contributed by atoms with E-state index in [1.807, 2.05) is 61.5 Å². The van der Waals surface area contributed by atoms with E-state index in [-0.39, 0.29) is 0 Å². The molecule has 3 aromatic carbocycles. The van der Waals surface area contributed by atoms with Gasteiger partial charge in [-0.2, -0.15) is 0 Å². The molecular formula is C26H24N2O4. The minimum atomic E-state index is -0.410. The third-order valence-electron chi connectivity index (χ3n) is 5.47. The number of rotatable bonds is 6. The van der Waals surface area contributed by atoms with E-state index in [2.05, 4.69) is 0 Å². The van der Waals surface area contributed by atoms with Crippen molar-refractivity contribution in [2.75, 3.05) is 31.1 Å². The first kappa shape index (κ1) is 21.2. The number of carbonyl (C=O) groups excluding carboxylic acids is 2. The molecule has 6 heteroatoms. The Bertz CT molecular complexity index is 1180. The zero-order valence-electron chi connectivity index (χ0n) is 18.5. The third-order valence-corrected chi connectivity index (χ3v) is 5.47. The first-order valence-electron chi connectivity index (χ1n) is 10.2. The van der Waals surface area contributed by atoms with E-state index in [0.717, 1.165) is 11.3 Å². The van der Waals surface area contributed by atoms with Crippen molar-refractivity contribution in [2.45, 2.75) is 6.92 Å². The van der Waals surface area contributed by atoms with Crippen molar-refractivity contribution in [3.8, 4) is 11.5 Å². The molecule has 4 rings (SSSR count). The van der Waals surface area contributed by atoms with Crippen LogP contribution in [-0.2, 0) is 9.59 Å². The van der Waals surface area contributed by atoms with E-state index in [9.17, 15) is 9.59 Å². The third kappa shape index (κ3) is 3.71. The number of benzene rings is 3. The molecule has 0 N–H and O–H groups in total. The number of hydrogen-bond acceptors (Lipinski definition) is 5. The van der Waals surface area contributed by atoms with Crippen molar-refractivity contribution in [1.82, 2.24) is 0 Å². The van der Waals surface area contributed by atoms with E-state index in [1.54, 1.807) is 30.1 Å². The lowest BCUT2D eigenvalue weighted by Gasteiger charge is -2.22. The molecule has 1 aliphatic rings. The molecule has 3 aromatic rings. The van der Waals surface area contributed by atoms with Gasteiger partial charge in [-0.15, -0.1) is 0 Å². The summed E-state index contributed by atoms with van der Waals surface area (Å²) in [7, 11) is 4.84. The SMILES string of the molecule is COc1cc(OC)cc(N2C(=O)C(c3ccc(C)cc3)=C(N(C)c3ccccc3)C2=O)c1. The maximum Gasteiger partial charge on any atom is 0.282 e. The molecule has 0 saturated heterocycles. The second-order valence-electron chi connectivity index (χ2n) is 7.50. The summed E-state index contributed by atoms with van der Waals surface area (Å²) in [4.78, 5) is 30.3. The van der Waals surface area contributed by atoms with Crippen LogP contribution >= 0.6 is 0 Å². The summed E-state index contributed by atoms with van der Waals surface area (Å²) < 4.78 is 10.7. The van der Waals surface area contributed by atoms with E-state index in [0.29, 0.717) is 34.0 Å². The molecule has 2 amide bonds. The van der Waals surface area contributed by atoms with Gasteiger partial charge in [0.15, 0.2) is 0 Å². The van der Waals surface area contributed by atoms with Gasteiger partial charge >= 0.3 is 0 Å². The van der Waals surface area contributed by atoms with Crippen LogP contribution < -0.4 is 19.3 Å². The van der Waals surface area contributed by atoms with Gasteiger partial charge in [0.25, 0.3) is 11.8 Å². The van der Waals surface area contributed by atoms with E-state index in [4.69, 9.17) is 9.47 Å². The highest BCUT2D eigenvalue weighted by atomic mass is 16.5. The van der Waals surface area contributed by atoms with Gasteiger partial charge in [0.05, 0.1) is 25.5 Å². The first-order valence-corrected chi connectivity index (χ1v) is 10.2. The Labute approximate surface area is 187 Å². The number of para-hydroxylation sites is 1. The van der Waals surface area contributed by atoms with Crippen molar-refractivity contribution in [3.63, 3.8) is 0 Å². The number of anilines is 2. The molecule has 32 heavy (non-hydrogen) atoms. The number of hydrogen-bond donors (Lipinski definition) is 0. The molecule has 0 fully saturated rings. The molecule has 0 atom stereocenters. The Morgan fingerprint density at radius 3 is 1.94 bits per heavy atom. The van der Waals surface area contributed by atoms with Gasteiger partial charge in [-0.05, 0) is 24.6 Å². The van der Waals surface area contributed by atoms with Crippen LogP contribution in [0.3, 0.4) is 0 Å². The predicted octanol–water partition coefficient (Wildman–Crippen LogP) is 4.43. The van der Waals surface area contributed by atoms with Gasteiger partial charge in [-0.1, -0.05) is 48.0 Å². The number of methoxy groups -OCH3 is 2. The van der Waals surface area contributed by atoms with Crippen molar-refractivity contribution < 1.29 is 19.1 Å². The molecule has 0 radical (unpaired) electrons. The van der Waals surface area contributed by atoms with Crippen molar-refractivity contribution >= 4 is 28.8 Å². The fourth-order valence-electron chi connectivity index (χ4n) is 3.75. The minimum Gasteiger partial charge on any atom is -0.497 e. The van der Waals surface area contributed by atoms with E-state index in [1.165, 1.54) is 19.1 Å². The van der Waals surface area contributed by atoms with Crippen molar-refractivity contribution in [1.29, 1.82) is 0 Å². The molecule has 1 aliphatic heterocycles. The van der Waals surface area contributed by atoms with Crippen LogP contribution in [0, 0.1) is 6.92 Å². The maximum absolute atomic E-state index is 13.7. The molecule has 0 aliphatic carbocycles. The summed E-state index contributed by atoms with van der Waals surface area (Å²) in [6.45, 7) is 1.98. The van der Waals surface area contributed by atoms with Crippen LogP contribution in [0.5, 0.6) is 11.5 Å². The van der Waals surface area contributed by atoms with Gasteiger partial charge in [0.1, 0.15) is 17.2 Å². The fraction of sp³-hybridized carbons (Fsp3) is 0.154. The second kappa shape index (κ2) is 8.59. The lowest BCUT2D eigenvalue weighted by Crippen LogP contribution is -2.34. The lowest BCUT2D eigenvalue weighted by atomic mass is 10.0. The molecule has 162 valence electrons. The highest BCUT2D eigenvalue weighted by molar-refractivity contribution is 6.46. The molecular weight excluding hydrogens is 404 g/mol. The summed E-state index contributed by atoms with van der Waals surface area (Å²) in [5.41, 5.74) is 3.60. The highest BCUT2D eigenvalue weighted by Gasteiger charge is 2.42. The normalized spacial score (nSPS) is 13.6. The summed E-state index contributed by atoms with van der Waals surface area (Å²) in [5, 5.41) is 0. The van der Waals surface area contributed by atoms with Crippen LogP contribution in [0.1, 0.15) is 11.1 Å². The molecule has 6 nitrogen and oxygen atoms in total. The Morgan fingerprint density at radius 2 is 1.38 bits per heavy atom. The van der Waals surface area contributed by atoms with Gasteiger partial charge in [0, 0.05) is 30.9 Å². The van der Waals surface area contributed by atoms with Crippen LogP contribution in [0.25, 0.3) is 5.57 Å². The van der Waals surface area contributed by atoms with Crippen LogP contribution in [0.2, 0.25) is 0 Å². The zero-order valence-corrected chi connectivity index (χ0v) is 18.5. The van der Waals surface area contributed by atoms with Gasteiger partial charge in [-0.3, -0.25) is 9.59 Å². The molecule has 0 bridgehead atoms. The number of nitrogens with zero attached hydrogens (tertiary/aromatic N) is 2. The average molecular weight is 428 g/mol. The predicted molar refractivity (Wildman–Crippen MR) is 125 cm³/mol. The first-order chi connectivity index (χ1) is 15.4. The van der Waals surface area contributed by atoms with Crippen LogP contribution in [-0.4, -0.2) is 33.1 Å². The van der Waals surface area contributed by atoms with Gasteiger partial charge in [-0.25, -0.2) is 4.90 Å². The maximum atomic E-state index is 13.7. The standard InChI is InChI=1S/C26H24N2O4/c1-17-10-12-18(13-11-17)23-24(27(2)19-8-6-5-7-9-19)26(30)28(25(23)29)20-14-21(31-3)16-22(15-20)32-4/h5-16H,1-4H3. The number of amides is 2. The molecule has 0 saturated carbocycles. The largest absolute Gasteiger partial charge is 0.497 e. The Kier molecular flexibility index (Phi) is 5.69. The number of imide groups is 1. The molecule has 0 spiro atoms. The fourth-order valence-corrected chi connectivity index (χ4v) is 3.75. The van der Waals surface area contributed by atoms with E-state index >= 15 is 0 Å². The quantitative estimate of drug-likeness (QED) is 0.544. The van der Waals surface area contributed by atoms with Crippen LogP contribution in [0.4, 0.5) is 11.4 Å². The van der Waals surface area contributed by atoms with Gasteiger partial charge < -0.3 is 14.4 Å². The highest BCUT2D eigenvalue weighted by Crippen LogP contribution is 2.38.